The van der Waals surface area contributed by atoms with Gasteiger partial charge in [-0.25, -0.2) is 0 Å². The summed E-state index contributed by atoms with van der Waals surface area (Å²) in [6.07, 6.45) is -4.49. The standard InChI is InChI=1S/C19H29F3N4O3.HI/c1-4-23-18(25-14-5-6-26(11-14)12-19(20,21)22)24-10-17(27)13-7-15(28-2)9-16(8-13)29-3;/h7-9,14,17,27H,4-6,10-12H2,1-3H3,(H2,23,24,25);1H. The highest BCUT2D eigenvalue weighted by atomic mass is 127. The van der Waals surface area contributed by atoms with Crippen molar-refractivity contribution < 1.29 is 27.8 Å². The molecule has 0 saturated carbocycles. The highest BCUT2D eigenvalue weighted by molar-refractivity contribution is 14.0. The van der Waals surface area contributed by atoms with Crippen molar-refractivity contribution in [3.05, 3.63) is 23.8 Å². The molecular formula is C19H30F3IN4O3. The third kappa shape index (κ3) is 8.72. The number of nitrogens with one attached hydrogen (secondary N) is 2. The molecule has 1 heterocycles. The normalized spacial score (nSPS) is 18.5. The number of aliphatic hydroxyl groups excluding tert-OH is 1. The van der Waals surface area contributed by atoms with Crippen LogP contribution >= 0.6 is 24.0 Å². The zero-order chi connectivity index (χ0) is 21.4. The summed E-state index contributed by atoms with van der Waals surface area (Å²) in [5.41, 5.74) is 0.595. The van der Waals surface area contributed by atoms with Crippen LogP contribution < -0.4 is 20.1 Å². The minimum atomic E-state index is -4.20. The van der Waals surface area contributed by atoms with Crippen LogP contribution in [0.1, 0.15) is 25.0 Å². The molecule has 0 aliphatic carbocycles. The zero-order valence-electron chi connectivity index (χ0n) is 17.3. The van der Waals surface area contributed by atoms with Crippen molar-refractivity contribution in [3.8, 4) is 11.5 Å². The molecule has 0 aromatic heterocycles. The molecule has 1 aromatic carbocycles. The van der Waals surface area contributed by atoms with Crippen molar-refractivity contribution in [3.63, 3.8) is 0 Å². The van der Waals surface area contributed by atoms with E-state index in [0.29, 0.717) is 49.1 Å². The highest BCUT2D eigenvalue weighted by Gasteiger charge is 2.34. The maximum atomic E-state index is 12.6. The molecule has 0 radical (unpaired) electrons. The van der Waals surface area contributed by atoms with Gasteiger partial charge < -0.3 is 25.2 Å². The van der Waals surface area contributed by atoms with Gasteiger partial charge in [0.2, 0.25) is 0 Å². The van der Waals surface area contributed by atoms with Crippen LogP contribution in [0.5, 0.6) is 11.5 Å². The van der Waals surface area contributed by atoms with Crippen LogP contribution in [0.2, 0.25) is 0 Å². The summed E-state index contributed by atoms with van der Waals surface area (Å²) in [5.74, 6) is 1.58. The molecule has 30 heavy (non-hydrogen) atoms. The van der Waals surface area contributed by atoms with Crippen molar-refractivity contribution in [1.29, 1.82) is 0 Å². The summed E-state index contributed by atoms with van der Waals surface area (Å²) in [6.45, 7) is 2.32. The van der Waals surface area contributed by atoms with Gasteiger partial charge in [0.1, 0.15) is 11.5 Å². The number of hydrogen-bond donors (Lipinski definition) is 3. The predicted octanol–water partition coefficient (Wildman–Crippen LogP) is 2.55. The maximum absolute atomic E-state index is 12.6. The molecule has 1 aliphatic rings. The Morgan fingerprint density at radius 2 is 1.90 bits per heavy atom. The van der Waals surface area contributed by atoms with E-state index in [-0.39, 0.29) is 36.6 Å². The summed E-state index contributed by atoms with van der Waals surface area (Å²) < 4.78 is 48.1. The van der Waals surface area contributed by atoms with Gasteiger partial charge in [-0.05, 0) is 31.0 Å². The van der Waals surface area contributed by atoms with Crippen LogP contribution in [-0.2, 0) is 0 Å². The van der Waals surface area contributed by atoms with Crippen LogP contribution in [0.4, 0.5) is 13.2 Å². The fraction of sp³-hybridized carbons (Fsp3) is 0.632. The van der Waals surface area contributed by atoms with Gasteiger partial charge in [-0.2, -0.15) is 13.2 Å². The molecular weight excluding hydrogens is 516 g/mol. The summed E-state index contributed by atoms with van der Waals surface area (Å²) in [4.78, 5) is 5.76. The number of methoxy groups -OCH3 is 2. The van der Waals surface area contributed by atoms with Crippen LogP contribution in [0.3, 0.4) is 0 Å². The lowest BCUT2D eigenvalue weighted by atomic mass is 10.1. The van der Waals surface area contributed by atoms with E-state index in [1.54, 1.807) is 18.2 Å². The van der Waals surface area contributed by atoms with E-state index >= 15 is 0 Å². The minimum absolute atomic E-state index is 0. The van der Waals surface area contributed by atoms with E-state index in [9.17, 15) is 18.3 Å². The third-order valence-corrected chi connectivity index (χ3v) is 4.54. The number of alkyl halides is 3. The lowest BCUT2D eigenvalue weighted by Crippen LogP contribution is -2.45. The summed E-state index contributed by atoms with van der Waals surface area (Å²) in [6, 6.07) is 4.98. The van der Waals surface area contributed by atoms with Crippen LogP contribution in [0.25, 0.3) is 0 Å². The van der Waals surface area contributed by atoms with Gasteiger partial charge in [0.25, 0.3) is 0 Å². The number of halogens is 4. The molecule has 0 bridgehead atoms. The first-order chi connectivity index (χ1) is 13.7. The van der Waals surface area contributed by atoms with Crippen molar-refractivity contribution in [1.82, 2.24) is 15.5 Å². The fourth-order valence-corrected chi connectivity index (χ4v) is 3.17. The molecule has 1 fully saturated rings. The molecule has 2 rings (SSSR count). The van der Waals surface area contributed by atoms with Crippen molar-refractivity contribution in [2.24, 2.45) is 4.99 Å². The number of ether oxygens (including phenoxy) is 2. The first-order valence-corrected chi connectivity index (χ1v) is 9.49. The Morgan fingerprint density at radius 1 is 1.27 bits per heavy atom. The van der Waals surface area contributed by atoms with Crippen LogP contribution in [0, 0.1) is 0 Å². The molecule has 0 amide bonds. The fourth-order valence-electron chi connectivity index (χ4n) is 3.17. The smallest absolute Gasteiger partial charge is 0.401 e. The SMILES string of the molecule is CCNC(=NCC(O)c1cc(OC)cc(OC)c1)NC1CCN(CC(F)(F)F)C1.I. The molecule has 172 valence electrons. The van der Waals surface area contributed by atoms with Crippen molar-refractivity contribution >= 4 is 29.9 Å². The first-order valence-electron chi connectivity index (χ1n) is 9.49. The Morgan fingerprint density at radius 3 is 2.43 bits per heavy atom. The second-order valence-electron chi connectivity index (χ2n) is 6.86. The number of benzene rings is 1. The topological polar surface area (TPSA) is 78.4 Å². The molecule has 1 saturated heterocycles. The zero-order valence-corrected chi connectivity index (χ0v) is 19.7. The van der Waals surface area contributed by atoms with Gasteiger partial charge in [0.15, 0.2) is 5.96 Å². The van der Waals surface area contributed by atoms with E-state index in [1.165, 1.54) is 19.1 Å². The lowest BCUT2D eigenvalue weighted by Gasteiger charge is -2.20. The monoisotopic (exact) mass is 546 g/mol. The van der Waals surface area contributed by atoms with Gasteiger partial charge in [-0.15, -0.1) is 24.0 Å². The Kier molecular flexibility index (Phi) is 11.0. The van der Waals surface area contributed by atoms with Gasteiger partial charge in [-0.3, -0.25) is 9.89 Å². The minimum Gasteiger partial charge on any atom is -0.497 e. The number of hydrogen-bond acceptors (Lipinski definition) is 5. The average molecular weight is 546 g/mol. The number of aliphatic imine (C=N–C) groups is 1. The van der Waals surface area contributed by atoms with E-state index in [0.717, 1.165) is 0 Å². The van der Waals surface area contributed by atoms with Crippen LogP contribution in [-0.4, -0.2) is 75.1 Å². The van der Waals surface area contributed by atoms with E-state index in [4.69, 9.17) is 9.47 Å². The quantitative estimate of drug-likeness (QED) is 0.265. The number of nitrogens with zero attached hydrogens (tertiary/aromatic N) is 2. The van der Waals surface area contributed by atoms with Gasteiger partial charge >= 0.3 is 6.18 Å². The Bertz CT molecular complexity index is 669. The molecule has 1 aliphatic heterocycles. The first kappa shape index (κ1) is 26.6. The maximum Gasteiger partial charge on any atom is 0.401 e. The lowest BCUT2D eigenvalue weighted by molar-refractivity contribution is -0.143. The van der Waals surface area contributed by atoms with E-state index in [1.807, 2.05) is 6.92 Å². The van der Waals surface area contributed by atoms with E-state index in [2.05, 4.69) is 15.6 Å². The highest BCUT2D eigenvalue weighted by Crippen LogP contribution is 2.26. The molecule has 11 heteroatoms. The predicted molar refractivity (Wildman–Crippen MR) is 120 cm³/mol. The molecule has 3 N–H and O–H groups in total. The Labute approximate surface area is 192 Å². The second-order valence-corrected chi connectivity index (χ2v) is 6.86. The van der Waals surface area contributed by atoms with Crippen molar-refractivity contribution in [2.75, 3.05) is 46.9 Å². The van der Waals surface area contributed by atoms with Gasteiger partial charge in [0.05, 0.1) is 33.4 Å². The Hall–Kier alpha value is -1.47. The summed E-state index contributed by atoms with van der Waals surface area (Å²) in [7, 11) is 3.06. The summed E-state index contributed by atoms with van der Waals surface area (Å²) in [5, 5.41) is 16.7. The number of likely N-dealkylation sites (tertiary alicyclic amines) is 1. The summed E-state index contributed by atoms with van der Waals surface area (Å²) >= 11 is 0. The molecule has 2 atom stereocenters. The van der Waals surface area contributed by atoms with E-state index < -0.39 is 18.8 Å². The van der Waals surface area contributed by atoms with Gasteiger partial charge in [-0.1, -0.05) is 0 Å². The van der Waals surface area contributed by atoms with Gasteiger partial charge in [0, 0.05) is 31.7 Å². The molecule has 0 spiro atoms. The Balaban J connectivity index is 0.00000450. The number of rotatable bonds is 8. The largest absolute Gasteiger partial charge is 0.497 e. The number of guanidine groups is 1. The average Bonchev–Trinajstić information content (AvgIpc) is 3.10. The third-order valence-electron chi connectivity index (χ3n) is 4.54. The van der Waals surface area contributed by atoms with Crippen LogP contribution in [0.15, 0.2) is 23.2 Å². The molecule has 7 nitrogen and oxygen atoms in total. The molecule has 1 aromatic rings. The van der Waals surface area contributed by atoms with Crippen molar-refractivity contribution in [2.45, 2.75) is 31.7 Å². The molecule has 2 unspecified atom stereocenters. The second kappa shape index (κ2) is 12.4. The number of aliphatic hydroxyl groups is 1.